The molecule has 12 aromatic rings. The van der Waals surface area contributed by atoms with Crippen molar-refractivity contribution in [3.63, 3.8) is 0 Å². The van der Waals surface area contributed by atoms with Gasteiger partial charge in [-0.3, -0.25) is 0 Å². The van der Waals surface area contributed by atoms with Crippen LogP contribution in [-0.2, 0) is 0 Å². The molecule has 4 nitrogen and oxygen atoms in total. The van der Waals surface area contributed by atoms with E-state index in [0.717, 1.165) is 99.7 Å². The lowest BCUT2D eigenvalue weighted by Gasteiger charge is -2.13. The number of para-hydroxylation sites is 3. The number of benzene rings is 8. The number of fused-ring (bicyclic) bond motifs is 10. The van der Waals surface area contributed by atoms with Crippen LogP contribution in [0.2, 0.25) is 0 Å². The Hall–Kier alpha value is -7.95. The molecule has 0 spiro atoms. The van der Waals surface area contributed by atoms with E-state index in [9.17, 15) is 0 Å². The third-order valence-corrected chi connectivity index (χ3v) is 11.7. The fourth-order valence-electron chi connectivity index (χ4n) is 9.03. The van der Waals surface area contributed by atoms with Crippen LogP contribution >= 0.6 is 0 Å². The van der Waals surface area contributed by atoms with Crippen LogP contribution in [0.3, 0.4) is 0 Å². The van der Waals surface area contributed by atoms with Crippen LogP contribution in [0.25, 0.3) is 116 Å². The highest BCUT2D eigenvalue weighted by atomic mass is 15.0. The molecule has 0 aliphatic rings. The minimum Gasteiger partial charge on any atom is -0.309 e. The van der Waals surface area contributed by atoms with Crippen molar-refractivity contribution < 1.29 is 0 Å². The molecule has 0 saturated carbocycles. The van der Waals surface area contributed by atoms with Crippen LogP contribution in [0.4, 0.5) is 0 Å². The van der Waals surface area contributed by atoms with Gasteiger partial charge in [0.25, 0.3) is 0 Å². The van der Waals surface area contributed by atoms with Crippen LogP contribution in [0.15, 0.2) is 206 Å². The van der Waals surface area contributed by atoms with E-state index in [1.165, 1.54) is 16.2 Å². The Morgan fingerprint density at radius 1 is 0.356 bits per heavy atom. The number of pyridine rings is 3. The number of rotatable bonds is 5. The first-order valence-electron chi connectivity index (χ1n) is 20.0. The van der Waals surface area contributed by atoms with Gasteiger partial charge in [-0.25, -0.2) is 15.0 Å². The zero-order valence-electron chi connectivity index (χ0n) is 31.9. The summed E-state index contributed by atoms with van der Waals surface area (Å²) in [4.78, 5) is 15.9. The highest BCUT2D eigenvalue weighted by Crippen LogP contribution is 2.45. The molecule has 0 radical (unpaired) electrons. The smallest absolute Gasteiger partial charge is 0.0972 e. The van der Waals surface area contributed by atoms with Gasteiger partial charge in [0, 0.05) is 60.3 Å². The van der Waals surface area contributed by atoms with Gasteiger partial charge in [-0.15, -0.1) is 0 Å². The zero-order chi connectivity index (χ0) is 38.9. The van der Waals surface area contributed by atoms with Crippen LogP contribution in [0, 0.1) is 0 Å². The summed E-state index contributed by atoms with van der Waals surface area (Å²) in [6, 6.07) is 73.1. The second-order valence-electron chi connectivity index (χ2n) is 15.1. The SMILES string of the molecule is c1ccc(-c2ccc3ccc4ccc(-c5cccc(-c6cccc7c8c9c(-c%10ccccc%10)nc%10ccccc%10c9ccc8n(-c8ccccc8)c67)c5)nc4c3n2)cc1. The van der Waals surface area contributed by atoms with Crippen molar-refractivity contribution in [1.29, 1.82) is 0 Å². The molecule has 8 aromatic carbocycles. The van der Waals surface area contributed by atoms with E-state index in [1.54, 1.807) is 0 Å². The molecule has 12 rings (SSSR count). The molecule has 0 bridgehead atoms. The number of hydrogen-bond donors (Lipinski definition) is 0. The van der Waals surface area contributed by atoms with Crippen LogP contribution in [0.5, 0.6) is 0 Å². The van der Waals surface area contributed by atoms with Crippen molar-refractivity contribution in [1.82, 2.24) is 19.5 Å². The van der Waals surface area contributed by atoms with Gasteiger partial charge in [0.15, 0.2) is 0 Å². The quantitative estimate of drug-likeness (QED) is 0.165. The lowest BCUT2D eigenvalue weighted by Crippen LogP contribution is -1.96. The van der Waals surface area contributed by atoms with E-state index in [4.69, 9.17) is 15.0 Å². The van der Waals surface area contributed by atoms with E-state index in [2.05, 4.69) is 205 Å². The Morgan fingerprint density at radius 2 is 0.932 bits per heavy atom. The van der Waals surface area contributed by atoms with Crippen molar-refractivity contribution in [3.05, 3.63) is 206 Å². The first kappa shape index (κ1) is 33.2. The van der Waals surface area contributed by atoms with Crippen LogP contribution < -0.4 is 0 Å². The molecule has 0 aliphatic heterocycles. The molecule has 4 aromatic heterocycles. The topological polar surface area (TPSA) is 43.6 Å². The highest BCUT2D eigenvalue weighted by molar-refractivity contribution is 6.29. The Bertz CT molecular complexity index is 3590. The Morgan fingerprint density at radius 3 is 1.68 bits per heavy atom. The summed E-state index contributed by atoms with van der Waals surface area (Å²) in [6.07, 6.45) is 0. The van der Waals surface area contributed by atoms with Crippen LogP contribution in [0.1, 0.15) is 0 Å². The Balaban J connectivity index is 1.10. The average molecular weight is 751 g/mol. The molecular weight excluding hydrogens is 717 g/mol. The minimum absolute atomic E-state index is 0.900. The number of hydrogen-bond acceptors (Lipinski definition) is 3. The van der Waals surface area contributed by atoms with Crippen molar-refractivity contribution in [3.8, 4) is 50.6 Å². The van der Waals surface area contributed by atoms with Crippen molar-refractivity contribution >= 4 is 65.3 Å². The maximum Gasteiger partial charge on any atom is 0.0972 e. The summed E-state index contributed by atoms with van der Waals surface area (Å²) in [5.74, 6) is 0. The highest BCUT2D eigenvalue weighted by Gasteiger charge is 2.22. The fraction of sp³-hybridized carbons (Fsp3) is 0. The molecule has 0 aliphatic carbocycles. The first-order chi connectivity index (χ1) is 29.3. The molecule has 0 amide bonds. The van der Waals surface area contributed by atoms with Crippen molar-refractivity contribution in [2.75, 3.05) is 0 Å². The lowest BCUT2D eigenvalue weighted by atomic mass is 9.95. The molecule has 59 heavy (non-hydrogen) atoms. The van der Waals surface area contributed by atoms with E-state index >= 15 is 0 Å². The van der Waals surface area contributed by atoms with E-state index in [0.29, 0.717) is 0 Å². The zero-order valence-corrected chi connectivity index (χ0v) is 31.9. The summed E-state index contributed by atoms with van der Waals surface area (Å²) < 4.78 is 2.44. The largest absolute Gasteiger partial charge is 0.309 e. The third-order valence-electron chi connectivity index (χ3n) is 11.7. The number of nitrogens with zero attached hydrogens (tertiary/aromatic N) is 4. The predicted octanol–water partition coefficient (Wildman–Crippen LogP) is 14.2. The van der Waals surface area contributed by atoms with Gasteiger partial charge in [-0.2, -0.15) is 0 Å². The molecule has 0 atom stereocenters. The molecule has 0 N–H and O–H groups in total. The maximum absolute atomic E-state index is 5.38. The summed E-state index contributed by atoms with van der Waals surface area (Å²) in [5, 5.41) is 8.02. The normalized spacial score (nSPS) is 11.7. The van der Waals surface area contributed by atoms with Gasteiger partial charge in [-0.05, 0) is 53.4 Å². The van der Waals surface area contributed by atoms with E-state index in [-0.39, 0.29) is 0 Å². The van der Waals surface area contributed by atoms with Gasteiger partial charge >= 0.3 is 0 Å². The lowest BCUT2D eigenvalue weighted by molar-refractivity contribution is 1.18. The maximum atomic E-state index is 5.38. The molecule has 4 heteroatoms. The standard InChI is InChI=1S/C55H34N4/c1-4-14-35(15-5-1)46-31-28-37-26-27-38-29-32-47(57-54(38)53(37)56-46)40-19-12-18-39(34-40)42-23-13-24-45-50-49(59(55(42)45)41-20-8-3-9-21-41)33-30-44-43-22-10-11-25-48(43)58-52(51(44)50)36-16-6-2-7-17-36/h1-34H. The second-order valence-corrected chi connectivity index (χ2v) is 15.1. The van der Waals surface area contributed by atoms with Gasteiger partial charge in [0.2, 0.25) is 0 Å². The van der Waals surface area contributed by atoms with Crippen molar-refractivity contribution in [2.24, 2.45) is 0 Å². The predicted molar refractivity (Wildman–Crippen MR) is 246 cm³/mol. The minimum atomic E-state index is 0.900. The molecule has 4 heterocycles. The molecule has 0 saturated heterocycles. The van der Waals surface area contributed by atoms with Crippen molar-refractivity contribution in [2.45, 2.75) is 0 Å². The third kappa shape index (κ3) is 5.34. The summed E-state index contributed by atoms with van der Waals surface area (Å²) in [6.45, 7) is 0. The van der Waals surface area contributed by atoms with E-state index < -0.39 is 0 Å². The van der Waals surface area contributed by atoms with Crippen LogP contribution in [-0.4, -0.2) is 19.5 Å². The number of aromatic nitrogens is 4. The first-order valence-corrected chi connectivity index (χ1v) is 20.0. The molecular formula is C55H34N4. The van der Waals surface area contributed by atoms with Gasteiger partial charge < -0.3 is 4.57 Å². The summed E-state index contributed by atoms with van der Waals surface area (Å²) >= 11 is 0. The monoisotopic (exact) mass is 750 g/mol. The Labute approximate surface area is 340 Å². The second kappa shape index (κ2) is 13.3. The van der Waals surface area contributed by atoms with Gasteiger partial charge in [0.1, 0.15) is 0 Å². The molecule has 0 unspecified atom stereocenters. The summed E-state index contributed by atoms with van der Waals surface area (Å²) in [5.41, 5.74) is 14.5. The van der Waals surface area contributed by atoms with E-state index in [1.807, 2.05) is 6.07 Å². The van der Waals surface area contributed by atoms with Gasteiger partial charge in [-0.1, -0.05) is 164 Å². The fourth-order valence-corrected chi connectivity index (χ4v) is 9.03. The molecule has 0 fully saturated rings. The average Bonchev–Trinajstić information content (AvgIpc) is 3.66. The van der Waals surface area contributed by atoms with Gasteiger partial charge in [0.05, 0.1) is 44.7 Å². The molecule has 274 valence electrons. The Kier molecular flexibility index (Phi) is 7.50. The summed E-state index contributed by atoms with van der Waals surface area (Å²) in [7, 11) is 0.